The highest BCUT2D eigenvalue weighted by Gasteiger charge is 2.15. The highest BCUT2D eigenvalue weighted by molar-refractivity contribution is 5.93. The molecule has 0 unspecified atom stereocenters. The molecule has 9 heteroatoms. The lowest BCUT2D eigenvalue weighted by Crippen LogP contribution is -2.20. The summed E-state index contributed by atoms with van der Waals surface area (Å²) in [7, 11) is 0. The number of amides is 2. The first-order valence-corrected chi connectivity index (χ1v) is 11.5. The standard InChI is InChI=1S/C28H23N5O4/c29-28(35)19-7-6-10-22(15-19)37-27-14-13-20(16-30-27)31-26(34)17-33-24-12-5-4-11-23(24)32-25(33)18-36-21-8-2-1-3-9-21/h1-16H,17-18H2,(H2,29,35)(H,31,34). The van der Waals surface area contributed by atoms with Gasteiger partial charge >= 0.3 is 0 Å². The Balaban J connectivity index is 1.26. The van der Waals surface area contributed by atoms with Crippen LogP contribution in [0.25, 0.3) is 11.0 Å². The second-order valence-electron chi connectivity index (χ2n) is 8.13. The molecule has 0 aliphatic heterocycles. The fourth-order valence-electron chi connectivity index (χ4n) is 3.77. The van der Waals surface area contributed by atoms with Crippen molar-refractivity contribution in [3.8, 4) is 17.4 Å². The largest absolute Gasteiger partial charge is 0.486 e. The van der Waals surface area contributed by atoms with Gasteiger partial charge in [-0.1, -0.05) is 36.4 Å². The van der Waals surface area contributed by atoms with Gasteiger partial charge in [0.15, 0.2) is 0 Å². The number of nitrogens with two attached hydrogens (primary N) is 1. The van der Waals surface area contributed by atoms with E-state index in [9.17, 15) is 9.59 Å². The number of ether oxygens (including phenoxy) is 2. The number of hydrogen-bond donors (Lipinski definition) is 2. The van der Waals surface area contributed by atoms with E-state index in [1.54, 1.807) is 30.3 Å². The maximum atomic E-state index is 12.9. The summed E-state index contributed by atoms with van der Waals surface area (Å²) in [6.45, 7) is 0.267. The number of benzene rings is 3. The van der Waals surface area contributed by atoms with E-state index in [0.717, 1.165) is 16.8 Å². The van der Waals surface area contributed by atoms with Crippen LogP contribution >= 0.6 is 0 Å². The van der Waals surface area contributed by atoms with Gasteiger partial charge < -0.3 is 25.1 Å². The van der Waals surface area contributed by atoms with E-state index in [1.165, 1.54) is 12.3 Å². The van der Waals surface area contributed by atoms with Crippen molar-refractivity contribution in [2.45, 2.75) is 13.2 Å². The first-order chi connectivity index (χ1) is 18.0. The number of imidazole rings is 1. The van der Waals surface area contributed by atoms with Crippen LogP contribution in [0.4, 0.5) is 5.69 Å². The number of pyridine rings is 1. The maximum Gasteiger partial charge on any atom is 0.248 e. The smallest absolute Gasteiger partial charge is 0.248 e. The van der Waals surface area contributed by atoms with Gasteiger partial charge in [-0.15, -0.1) is 0 Å². The molecule has 0 atom stereocenters. The number of primary amides is 1. The minimum atomic E-state index is -0.545. The van der Waals surface area contributed by atoms with Gasteiger partial charge in [0.1, 0.15) is 30.5 Å². The van der Waals surface area contributed by atoms with Gasteiger partial charge in [0.05, 0.1) is 22.9 Å². The third kappa shape index (κ3) is 5.73. The summed E-state index contributed by atoms with van der Waals surface area (Å²) in [4.78, 5) is 33.2. The first kappa shape index (κ1) is 23.6. The zero-order valence-electron chi connectivity index (χ0n) is 19.7. The fourth-order valence-corrected chi connectivity index (χ4v) is 3.77. The molecule has 0 radical (unpaired) electrons. The van der Waals surface area contributed by atoms with Crippen molar-refractivity contribution >= 4 is 28.5 Å². The van der Waals surface area contributed by atoms with E-state index < -0.39 is 5.91 Å². The van der Waals surface area contributed by atoms with Gasteiger partial charge in [0, 0.05) is 11.6 Å². The van der Waals surface area contributed by atoms with Crippen LogP contribution in [-0.4, -0.2) is 26.3 Å². The maximum absolute atomic E-state index is 12.9. The quantitative estimate of drug-likeness (QED) is 0.311. The second kappa shape index (κ2) is 10.6. The molecule has 0 saturated carbocycles. The van der Waals surface area contributed by atoms with Gasteiger partial charge in [-0.2, -0.15) is 0 Å². The SMILES string of the molecule is NC(=O)c1cccc(Oc2ccc(NC(=O)Cn3c(COc4ccccc4)nc4ccccc43)cn2)c1. The molecule has 184 valence electrons. The number of carbonyl (C=O) groups is 2. The third-order valence-electron chi connectivity index (χ3n) is 5.51. The second-order valence-corrected chi connectivity index (χ2v) is 8.13. The number of nitrogens with zero attached hydrogens (tertiary/aromatic N) is 3. The summed E-state index contributed by atoms with van der Waals surface area (Å²) in [6, 6.07) is 26.9. The van der Waals surface area contributed by atoms with E-state index in [0.29, 0.717) is 28.7 Å². The number of nitrogens with one attached hydrogen (secondary N) is 1. The van der Waals surface area contributed by atoms with Crippen LogP contribution in [0, 0.1) is 0 Å². The average Bonchev–Trinajstić information content (AvgIpc) is 3.26. The molecule has 0 bridgehead atoms. The van der Waals surface area contributed by atoms with Crippen molar-refractivity contribution < 1.29 is 19.1 Å². The molecule has 3 N–H and O–H groups in total. The number of aromatic nitrogens is 3. The number of fused-ring (bicyclic) bond motifs is 1. The monoisotopic (exact) mass is 493 g/mol. The molecule has 0 fully saturated rings. The summed E-state index contributed by atoms with van der Waals surface area (Å²) in [5, 5.41) is 2.85. The molecule has 0 aliphatic carbocycles. The number of para-hydroxylation sites is 3. The Kier molecular flexibility index (Phi) is 6.76. The van der Waals surface area contributed by atoms with Crippen LogP contribution in [0.5, 0.6) is 17.4 Å². The predicted octanol–water partition coefficient (Wildman–Crippen LogP) is 4.54. The minimum Gasteiger partial charge on any atom is -0.486 e. The molecule has 0 aliphatic rings. The normalized spacial score (nSPS) is 10.7. The average molecular weight is 494 g/mol. The number of rotatable bonds is 9. The van der Waals surface area contributed by atoms with E-state index in [1.807, 2.05) is 59.2 Å². The Morgan fingerprint density at radius 1 is 0.892 bits per heavy atom. The molecule has 0 spiro atoms. The zero-order chi connectivity index (χ0) is 25.6. The van der Waals surface area contributed by atoms with Crippen LogP contribution in [0.2, 0.25) is 0 Å². The molecule has 9 nitrogen and oxygen atoms in total. The van der Waals surface area contributed by atoms with Crippen LogP contribution in [0.15, 0.2) is 97.2 Å². The van der Waals surface area contributed by atoms with E-state index in [2.05, 4.69) is 15.3 Å². The summed E-state index contributed by atoms with van der Waals surface area (Å²) in [5.74, 6) is 1.31. The molecule has 2 amide bonds. The lowest BCUT2D eigenvalue weighted by Gasteiger charge is -2.11. The Hall–Kier alpha value is -5.18. The summed E-state index contributed by atoms with van der Waals surface area (Å²) in [6.07, 6.45) is 1.50. The molecule has 0 saturated heterocycles. The third-order valence-corrected chi connectivity index (χ3v) is 5.51. The van der Waals surface area contributed by atoms with Crippen molar-refractivity contribution in [2.24, 2.45) is 5.73 Å². The lowest BCUT2D eigenvalue weighted by molar-refractivity contribution is -0.116. The highest BCUT2D eigenvalue weighted by Crippen LogP contribution is 2.22. The molecule has 3 aromatic carbocycles. The van der Waals surface area contributed by atoms with Crippen molar-refractivity contribution in [3.63, 3.8) is 0 Å². The van der Waals surface area contributed by atoms with Crippen molar-refractivity contribution in [2.75, 3.05) is 5.32 Å². The highest BCUT2D eigenvalue weighted by atomic mass is 16.5. The molecular weight excluding hydrogens is 470 g/mol. The van der Waals surface area contributed by atoms with Crippen LogP contribution < -0.4 is 20.5 Å². The molecular formula is C28H23N5O4. The summed E-state index contributed by atoms with van der Waals surface area (Å²) in [5.41, 5.74) is 7.78. The van der Waals surface area contributed by atoms with Gasteiger partial charge in [0.25, 0.3) is 0 Å². The number of carbonyl (C=O) groups excluding carboxylic acids is 2. The molecule has 5 rings (SSSR count). The van der Waals surface area contributed by atoms with E-state index >= 15 is 0 Å². The Morgan fingerprint density at radius 3 is 2.46 bits per heavy atom. The fraction of sp³-hybridized carbons (Fsp3) is 0.0714. The Labute approximate surface area is 212 Å². The van der Waals surface area contributed by atoms with Gasteiger partial charge in [-0.25, -0.2) is 9.97 Å². The molecule has 37 heavy (non-hydrogen) atoms. The Bertz CT molecular complexity index is 1550. The summed E-state index contributed by atoms with van der Waals surface area (Å²) >= 11 is 0. The van der Waals surface area contributed by atoms with Crippen molar-refractivity contribution in [1.82, 2.24) is 14.5 Å². The van der Waals surface area contributed by atoms with E-state index in [4.69, 9.17) is 15.2 Å². The van der Waals surface area contributed by atoms with Crippen molar-refractivity contribution in [3.05, 3.63) is 109 Å². The number of hydrogen-bond acceptors (Lipinski definition) is 6. The van der Waals surface area contributed by atoms with Gasteiger partial charge in [-0.05, 0) is 48.5 Å². The van der Waals surface area contributed by atoms with Gasteiger partial charge in [-0.3, -0.25) is 9.59 Å². The van der Waals surface area contributed by atoms with Crippen LogP contribution in [0.3, 0.4) is 0 Å². The zero-order valence-corrected chi connectivity index (χ0v) is 19.7. The first-order valence-electron chi connectivity index (χ1n) is 11.5. The van der Waals surface area contributed by atoms with Crippen LogP contribution in [0.1, 0.15) is 16.2 Å². The Morgan fingerprint density at radius 2 is 1.68 bits per heavy atom. The van der Waals surface area contributed by atoms with Crippen LogP contribution in [-0.2, 0) is 17.9 Å². The number of anilines is 1. The molecule has 5 aromatic rings. The molecule has 2 heterocycles. The predicted molar refractivity (Wildman–Crippen MR) is 138 cm³/mol. The van der Waals surface area contributed by atoms with Crippen molar-refractivity contribution in [1.29, 1.82) is 0 Å². The lowest BCUT2D eigenvalue weighted by atomic mass is 10.2. The minimum absolute atomic E-state index is 0.0478. The summed E-state index contributed by atoms with van der Waals surface area (Å²) < 4.78 is 13.4. The van der Waals surface area contributed by atoms with Gasteiger partial charge in [0.2, 0.25) is 17.7 Å². The van der Waals surface area contributed by atoms with E-state index in [-0.39, 0.29) is 19.1 Å². The topological polar surface area (TPSA) is 121 Å². The molecule has 2 aromatic heterocycles.